The zero-order valence-electron chi connectivity index (χ0n) is 10.8. The number of anilines is 1. The number of halogens is 1. The average molecular weight is 255 g/mol. The van der Waals surface area contributed by atoms with E-state index < -0.39 is 0 Å². The highest BCUT2D eigenvalue weighted by atomic mass is 19.1. The first kappa shape index (κ1) is 11.7. The molecule has 3 aromatic rings. The van der Waals surface area contributed by atoms with Crippen molar-refractivity contribution in [3.05, 3.63) is 53.3 Å². The van der Waals surface area contributed by atoms with Gasteiger partial charge in [0.2, 0.25) is 5.95 Å². The summed E-state index contributed by atoms with van der Waals surface area (Å²) in [4.78, 5) is 4.33. The molecule has 0 atom stereocenters. The summed E-state index contributed by atoms with van der Waals surface area (Å²) < 4.78 is 15.2. The Bertz CT molecular complexity index is 774. The van der Waals surface area contributed by atoms with Crippen LogP contribution in [0, 0.1) is 19.7 Å². The second-order valence-corrected chi connectivity index (χ2v) is 4.73. The third-order valence-electron chi connectivity index (χ3n) is 3.24. The summed E-state index contributed by atoms with van der Waals surface area (Å²) in [6.45, 7) is 3.75. The molecule has 0 spiro atoms. The Hall–Kier alpha value is -2.36. The fourth-order valence-corrected chi connectivity index (χ4v) is 2.24. The summed E-state index contributed by atoms with van der Waals surface area (Å²) in [5, 5.41) is 0. The van der Waals surface area contributed by atoms with Crippen molar-refractivity contribution in [1.82, 2.24) is 9.55 Å². The number of fused-ring (bicyclic) bond motifs is 1. The first-order chi connectivity index (χ1) is 9.06. The van der Waals surface area contributed by atoms with Crippen molar-refractivity contribution in [3.63, 3.8) is 0 Å². The molecule has 0 amide bonds. The van der Waals surface area contributed by atoms with Crippen LogP contribution < -0.4 is 5.73 Å². The molecule has 0 bridgehead atoms. The molecule has 3 nitrogen and oxygen atoms in total. The molecule has 0 aliphatic rings. The molecule has 0 fully saturated rings. The third-order valence-corrected chi connectivity index (χ3v) is 3.24. The van der Waals surface area contributed by atoms with Crippen LogP contribution in [0.5, 0.6) is 0 Å². The van der Waals surface area contributed by atoms with E-state index in [2.05, 4.69) is 4.98 Å². The maximum atomic E-state index is 13.4. The molecule has 19 heavy (non-hydrogen) atoms. The Morgan fingerprint density at radius 3 is 2.63 bits per heavy atom. The van der Waals surface area contributed by atoms with Gasteiger partial charge in [-0.1, -0.05) is 6.07 Å². The van der Waals surface area contributed by atoms with Crippen LogP contribution in [0.15, 0.2) is 36.4 Å². The fraction of sp³-hybridized carbons (Fsp3) is 0.133. The molecular formula is C15H14FN3. The zero-order chi connectivity index (χ0) is 13.6. The number of nitrogens with two attached hydrogens (primary N) is 1. The minimum Gasteiger partial charge on any atom is -0.369 e. The fourth-order valence-electron chi connectivity index (χ4n) is 2.24. The summed E-state index contributed by atoms with van der Waals surface area (Å²) in [6.07, 6.45) is 0. The summed E-state index contributed by atoms with van der Waals surface area (Å²) in [5.41, 5.74) is 10.3. The zero-order valence-corrected chi connectivity index (χ0v) is 10.8. The number of rotatable bonds is 1. The normalized spacial score (nSPS) is 11.1. The third kappa shape index (κ3) is 1.85. The quantitative estimate of drug-likeness (QED) is 0.724. The van der Waals surface area contributed by atoms with Gasteiger partial charge in [-0.05, 0) is 55.3 Å². The number of hydrogen-bond donors (Lipinski definition) is 1. The summed E-state index contributed by atoms with van der Waals surface area (Å²) in [6, 6.07) is 10.9. The van der Waals surface area contributed by atoms with E-state index >= 15 is 0 Å². The van der Waals surface area contributed by atoms with E-state index in [-0.39, 0.29) is 5.82 Å². The van der Waals surface area contributed by atoms with Crippen molar-refractivity contribution < 1.29 is 4.39 Å². The standard InChI is InChI=1S/C15H14FN3/c1-9-3-6-13-14(7-9)19(15(17)18-13)11-4-5-12(16)10(2)8-11/h3-8H,1-2H3,(H2,17,18). The van der Waals surface area contributed by atoms with Gasteiger partial charge in [-0.2, -0.15) is 0 Å². The number of nitrogens with zero attached hydrogens (tertiary/aromatic N) is 2. The smallest absolute Gasteiger partial charge is 0.205 e. The van der Waals surface area contributed by atoms with E-state index in [4.69, 9.17) is 5.73 Å². The van der Waals surface area contributed by atoms with Gasteiger partial charge in [-0.3, -0.25) is 4.57 Å². The number of hydrogen-bond acceptors (Lipinski definition) is 2. The number of benzene rings is 2. The Labute approximate surface area is 110 Å². The van der Waals surface area contributed by atoms with Gasteiger partial charge in [-0.15, -0.1) is 0 Å². The van der Waals surface area contributed by atoms with E-state index in [0.29, 0.717) is 11.5 Å². The van der Waals surface area contributed by atoms with Crippen LogP contribution in [0.25, 0.3) is 16.7 Å². The number of aryl methyl sites for hydroxylation is 2. The molecular weight excluding hydrogens is 241 g/mol. The highest BCUT2D eigenvalue weighted by molar-refractivity contribution is 5.81. The predicted molar refractivity (Wildman–Crippen MR) is 74.9 cm³/mol. The first-order valence-corrected chi connectivity index (χ1v) is 6.07. The Morgan fingerprint density at radius 2 is 1.89 bits per heavy atom. The first-order valence-electron chi connectivity index (χ1n) is 6.07. The van der Waals surface area contributed by atoms with E-state index in [1.165, 1.54) is 6.07 Å². The monoisotopic (exact) mass is 255 g/mol. The summed E-state index contributed by atoms with van der Waals surface area (Å²) in [5.74, 6) is 0.189. The largest absolute Gasteiger partial charge is 0.369 e. The van der Waals surface area contributed by atoms with E-state index in [9.17, 15) is 4.39 Å². The van der Waals surface area contributed by atoms with Gasteiger partial charge in [-0.25, -0.2) is 9.37 Å². The van der Waals surface area contributed by atoms with Gasteiger partial charge >= 0.3 is 0 Å². The van der Waals surface area contributed by atoms with Crippen LogP contribution in [0.1, 0.15) is 11.1 Å². The van der Waals surface area contributed by atoms with Crippen LogP contribution >= 0.6 is 0 Å². The minimum absolute atomic E-state index is 0.220. The van der Waals surface area contributed by atoms with Crippen molar-refractivity contribution in [1.29, 1.82) is 0 Å². The lowest BCUT2D eigenvalue weighted by Gasteiger charge is -2.08. The number of aromatic nitrogens is 2. The average Bonchev–Trinajstić information content (AvgIpc) is 2.68. The molecule has 96 valence electrons. The van der Waals surface area contributed by atoms with E-state index in [1.54, 1.807) is 19.1 Å². The predicted octanol–water partition coefficient (Wildman–Crippen LogP) is 3.36. The summed E-state index contributed by atoms with van der Waals surface area (Å²) >= 11 is 0. The topological polar surface area (TPSA) is 43.8 Å². The number of imidazole rings is 1. The molecule has 0 aliphatic heterocycles. The lowest BCUT2D eigenvalue weighted by atomic mass is 10.2. The van der Waals surface area contributed by atoms with Crippen LogP contribution in [-0.2, 0) is 0 Å². The van der Waals surface area contributed by atoms with Gasteiger partial charge in [0.15, 0.2) is 0 Å². The molecule has 0 radical (unpaired) electrons. The van der Waals surface area contributed by atoms with Crippen LogP contribution in [0.3, 0.4) is 0 Å². The van der Waals surface area contributed by atoms with Gasteiger partial charge < -0.3 is 5.73 Å². The van der Waals surface area contributed by atoms with Crippen molar-refractivity contribution in [3.8, 4) is 5.69 Å². The van der Waals surface area contributed by atoms with Gasteiger partial charge in [0.1, 0.15) is 5.82 Å². The lowest BCUT2D eigenvalue weighted by Crippen LogP contribution is -2.01. The number of nitrogen functional groups attached to an aromatic ring is 1. The van der Waals surface area contributed by atoms with Crippen molar-refractivity contribution in [2.75, 3.05) is 5.73 Å². The molecule has 2 N–H and O–H groups in total. The highest BCUT2D eigenvalue weighted by Gasteiger charge is 2.11. The van der Waals surface area contributed by atoms with Crippen LogP contribution in [-0.4, -0.2) is 9.55 Å². The van der Waals surface area contributed by atoms with E-state index in [0.717, 1.165) is 22.3 Å². The molecule has 0 unspecified atom stereocenters. The van der Waals surface area contributed by atoms with Crippen molar-refractivity contribution in [2.45, 2.75) is 13.8 Å². The molecule has 1 heterocycles. The Balaban J connectivity index is 2.31. The Kier molecular flexibility index (Phi) is 2.52. The summed E-state index contributed by atoms with van der Waals surface area (Å²) in [7, 11) is 0. The minimum atomic E-state index is -0.220. The van der Waals surface area contributed by atoms with Crippen LogP contribution in [0.4, 0.5) is 10.3 Å². The van der Waals surface area contributed by atoms with Gasteiger partial charge in [0.25, 0.3) is 0 Å². The molecule has 0 saturated heterocycles. The highest BCUT2D eigenvalue weighted by Crippen LogP contribution is 2.25. The molecule has 4 heteroatoms. The lowest BCUT2D eigenvalue weighted by molar-refractivity contribution is 0.618. The van der Waals surface area contributed by atoms with Crippen LogP contribution in [0.2, 0.25) is 0 Å². The molecule has 3 rings (SSSR count). The molecule has 0 aliphatic carbocycles. The molecule has 2 aromatic carbocycles. The second-order valence-electron chi connectivity index (χ2n) is 4.73. The maximum Gasteiger partial charge on any atom is 0.205 e. The SMILES string of the molecule is Cc1ccc2nc(N)n(-c3ccc(F)c(C)c3)c2c1. The van der Waals surface area contributed by atoms with Gasteiger partial charge in [0.05, 0.1) is 11.0 Å². The maximum absolute atomic E-state index is 13.4. The second kappa shape index (κ2) is 4.09. The Morgan fingerprint density at radius 1 is 1.11 bits per heavy atom. The van der Waals surface area contributed by atoms with Crippen molar-refractivity contribution >= 4 is 17.0 Å². The molecule has 0 saturated carbocycles. The van der Waals surface area contributed by atoms with E-state index in [1.807, 2.05) is 29.7 Å². The van der Waals surface area contributed by atoms with Gasteiger partial charge in [0, 0.05) is 5.69 Å². The van der Waals surface area contributed by atoms with Crippen molar-refractivity contribution in [2.24, 2.45) is 0 Å². The molecule has 1 aromatic heterocycles.